The van der Waals surface area contributed by atoms with E-state index in [1.165, 1.54) is 0 Å². The third-order valence-electron chi connectivity index (χ3n) is 0.543. The number of rotatable bonds is 3. The van der Waals surface area contributed by atoms with Crippen molar-refractivity contribution in [3.8, 4) is 0 Å². The minimum absolute atomic E-state index is 0.394. The van der Waals surface area contributed by atoms with Crippen molar-refractivity contribution in [1.29, 1.82) is 0 Å². The van der Waals surface area contributed by atoms with Crippen LogP contribution in [0.3, 0.4) is 0 Å². The van der Waals surface area contributed by atoms with Gasteiger partial charge in [-0.1, -0.05) is 0 Å². The molecule has 2 nitrogen and oxygen atoms in total. The van der Waals surface area contributed by atoms with Gasteiger partial charge in [-0.3, -0.25) is 0 Å². The number of aliphatic hydroxyl groups excluding tert-OH is 1. The normalized spacial score (nSPS) is 13.4. The molecule has 1 N–H and O–H groups in total. The quantitative estimate of drug-likeness (QED) is 0.317. The summed E-state index contributed by atoms with van der Waals surface area (Å²) in [4.78, 5) is 9.56. The summed E-state index contributed by atoms with van der Waals surface area (Å²) in [5.41, 5.74) is -0.634. The fourth-order valence-corrected chi connectivity index (χ4v) is 0.366. The Labute approximate surface area is 47.9 Å². The summed E-state index contributed by atoms with van der Waals surface area (Å²) in [5.74, 6) is 0. The summed E-state index contributed by atoms with van der Waals surface area (Å²) in [6, 6.07) is 0. The van der Waals surface area contributed by atoms with Crippen molar-refractivity contribution in [2.24, 2.45) is 0 Å². The Morgan fingerprint density at radius 3 is 2.57 bits per heavy atom. The molecule has 42 valence electrons. The molecular formula is C4H8O2S. The molecule has 0 rings (SSSR count). The molecule has 3 heteroatoms. The Morgan fingerprint density at radius 2 is 2.43 bits per heavy atom. The zero-order valence-corrected chi connectivity index (χ0v) is 4.77. The number of carbonyl (C=O) groups excluding carboxylic acids is 1. The minimum atomic E-state index is -0.634. The molecule has 0 saturated carbocycles. The SMILES string of the molecule is O=CCCC(O)S. The van der Waals surface area contributed by atoms with E-state index in [4.69, 9.17) is 5.11 Å². The molecule has 0 aliphatic rings. The molecule has 0 aliphatic heterocycles. The van der Waals surface area contributed by atoms with E-state index in [2.05, 4.69) is 12.6 Å². The number of aldehydes is 1. The summed E-state index contributed by atoms with van der Waals surface area (Å²) >= 11 is 3.63. The van der Waals surface area contributed by atoms with E-state index in [-0.39, 0.29) is 0 Å². The first-order valence-electron chi connectivity index (χ1n) is 2.07. The molecule has 1 atom stereocenters. The van der Waals surface area contributed by atoms with Crippen molar-refractivity contribution < 1.29 is 9.90 Å². The summed E-state index contributed by atoms with van der Waals surface area (Å²) in [6.45, 7) is 0. The molecular weight excluding hydrogens is 112 g/mol. The number of hydrogen-bond donors (Lipinski definition) is 2. The topological polar surface area (TPSA) is 37.3 Å². The Morgan fingerprint density at radius 1 is 1.86 bits per heavy atom. The summed E-state index contributed by atoms with van der Waals surface area (Å²) in [5, 5.41) is 8.39. The fourth-order valence-electron chi connectivity index (χ4n) is 0.217. The maximum absolute atomic E-state index is 9.56. The van der Waals surface area contributed by atoms with Gasteiger partial charge in [-0.15, -0.1) is 12.6 Å². The van der Waals surface area contributed by atoms with Crippen molar-refractivity contribution >= 4 is 18.9 Å². The molecule has 0 saturated heterocycles. The lowest BCUT2D eigenvalue weighted by Gasteiger charge is -1.94. The van der Waals surface area contributed by atoms with Gasteiger partial charge in [-0.05, 0) is 6.42 Å². The van der Waals surface area contributed by atoms with Crippen LogP contribution in [0.5, 0.6) is 0 Å². The van der Waals surface area contributed by atoms with Gasteiger partial charge in [-0.2, -0.15) is 0 Å². The molecule has 0 aliphatic carbocycles. The van der Waals surface area contributed by atoms with Crippen LogP contribution in [0.2, 0.25) is 0 Å². The minimum Gasteiger partial charge on any atom is -0.383 e. The average molecular weight is 120 g/mol. The van der Waals surface area contributed by atoms with Crippen LogP contribution in [-0.4, -0.2) is 16.8 Å². The Balaban J connectivity index is 2.81. The molecule has 0 aromatic rings. The molecule has 0 bridgehead atoms. The third-order valence-corrected chi connectivity index (χ3v) is 0.801. The molecule has 0 fully saturated rings. The number of thiol groups is 1. The summed E-state index contributed by atoms with van der Waals surface area (Å²) in [7, 11) is 0. The predicted octanol–water partition coefficient (Wildman–Crippen LogP) is 0.214. The molecule has 0 amide bonds. The van der Waals surface area contributed by atoms with Crippen LogP contribution in [0, 0.1) is 0 Å². The van der Waals surface area contributed by atoms with Crippen LogP contribution in [0.1, 0.15) is 12.8 Å². The number of carbonyl (C=O) groups is 1. The smallest absolute Gasteiger partial charge is 0.120 e. The van der Waals surface area contributed by atoms with Gasteiger partial charge in [0, 0.05) is 6.42 Å². The van der Waals surface area contributed by atoms with Crippen molar-refractivity contribution in [2.45, 2.75) is 18.3 Å². The van der Waals surface area contributed by atoms with Gasteiger partial charge in [0.05, 0.1) is 5.44 Å². The largest absolute Gasteiger partial charge is 0.383 e. The van der Waals surface area contributed by atoms with Gasteiger partial charge >= 0.3 is 0 Å². The zero-order valence-electron chi connectivity index (χ0n) is 3.87. The second-order valence-electron chi connectivity index (χ2n) is 1.22. The van der Waals surface area contributed by atoms with E-state index >= 15 is 0 Å². The van der Waals surface area contributed by atoms with Gasteiger partial charge in [-0.25, -0.2) is 0 Å². The van der Waals surface area contributed by atoms with Crippen molar-refractivity contribution in [2.75, 3.05) is 0 Å². The van der Waals surface area contributed by atoms with Crippen LogP contribution in [0.4, 0.5) is 0 Å². The number of hydrogen-bond acceptors (Lipinski definition) is 3. The highest BCUT2D eigenvalue weighted by molar-refractivity contribution is 7.80. The van der Waals surface area contributed by atoms with E-state index in [1.807, 2.05) is 0 Å². The van der Waals surface area contributed by atoms with Crippen molar-refractivity contribution in [1.82, 2.24) is 0 Å². The molecule has 0 heterocycles. The van der Waals surface area contributed by atoms with Crippen molar-refractivity contribution in [3.05, 3.63) is 0 Å². The van der Waals surface area contributed by atoms with E-state index < -0.39 is 5.44 Å². The highest BCUT2D eigenvalue weighted by atomic mass is 32.1. The second-order valence-corrected chi connectivity index (χ2v) is 1.82. The van der Waals surface area contributed by atoms with E-state index in [0.717, 1.165) is 6.29 Å². The zero-order chi connectivity index (χ0) is 5.70. The van der Waals surface area contributed by atoms with Crippen LogP contribution < -0.4 is 0 Å². The summed E-state index contributed by atoms with van der Waals surface area (Å²) < 4.78 is 0. The molecule has 1 unspecified atom stereocenters. The third kappa shape index (κ3) is 5.98. The lowest BCUT2D eigenvalue weighted by molar-refractivity contribution is -0.108. The predicted molar refractivity (Wildman–Crippen MR) is 30.3 cm³/mol. The molecule has 0 radical (unpaired) electrons. The van der Waals surface area contributed by atoms with Crippen LogP contribution >= 0.6 is 12.6 Å². The van der Waals surface area contributed by atoms with Crippen molar-refractivity contribution in [3.63, 3.8) is 0 Å². The number of aliphatic hydroxyl groups is 1. The highest BCUT2D eigenvalue weighted by Crippen LogP contribution is 1.96. The lowest BCUT2D eigenvalue weighted by Crippen LogP contribution is -1.94. The maximum atomic E-state index is 9.56. The van der Waals surface area contributed by atoms with E-state index in [1.54, 1.807) is 0 Å². The Hall–Kier alpha value is -0.0200. The molecule has 7 heavy (non-hydrogen) atoms. The fraction of sp³-hybridized carbons (Fsp3) is 0.750. The maximum Gasteiger partial charge on any atom is 0.120 e. The molecule has 0 aromatic carbocycles. The second kappa shape index (κ2) is 4.15. The summed E-state index contributed by atoms with van der Waals surface area (Å²) in [6.07, 6.45) is 1.61. The first kappa shape index (κ1) is 6.98. The van der Waals surface area contributed by atoms with Crippen LogP contribution in [0.25, 0.3) is 0 Å². The van der Waals surface area contributed by atoms with Gasteiger partial charge in [0.25, 0.3) is 0 Å². The molecule has 0 spiro atoms. The van der Waals surface area contributed by atoms with E-state index in [0.29, 0.717) is 12.8 Å². The highest BCUT2D eigenvalue weighted by Gasteiger charge is 1.91. The lowest BCUT2D eigenvalue weighted by atomic mass is 10.3. The molecule has 0 aromatic heterocycles. The standard InChI is InChI=1S/C4H8O2S/c5-3-1-2-4(6)7/h3-4,6-7H,1-2H2. The Bertz CT molecular complexity index is 53.7. The van der Waals surface area contributed by atoms with E-state index in [9.17, 15) is 4.79 Å². The first-order chi connectivity index (χ1) is 3.27. The van der Waals surface area contributed by atoms with Gasteiger partial charge in [0.15, 0.2) is 0 Å². The van der Waals surface area contributed by atoms with Crippen LogP contribution in [0.15, 0.2) is 0 Å². The monoisotopic (exact) mass is 120 g/mol. The van der Waals surface area contributed by atoms with Gasteiger partial charge in [0.1, 0.15) is 6.29 Å². The average Bonchev–Trinajstić information content (AvgIpc) is 1.61. The van der Waals surface area contributed by atoms with Gasteiger partial charge < -0.3 is 9.90 Å². The Kier molecular flexibility index (Phi) is 4.14. The van der Waals surface area contributed by atoms with Crippen LogP contribution in [-0.2, 0) is 4.79 Å². The van der Waals surface area contributed by atoms with Gasteiger partial charge in [0.2, 0.25) is 0 Å². The first-order valence-corrected chi connectivity index (χ1v) is 2.58.